The molecule has 2 aromatic carbocycles. The van der Waals surface area contributed by atoms with Crippen molar-refractivity contribution in [3.63, 3.8) is 0 Å². The molecular weight excluding hydrogens is 386 g/mol. The summed E-state index contributed by atoms with van der Waals surface area (Å²) < 4.78 is 4.94. The van der Waals surface area contributed by atoms with E-state index in [1.807, 2.05) is 0 Å². The van der Waals surface area contributed by atoms with Gasteiger partial charge in [0, 0.05) is 24.7 Å². The molecule has 0 aliphatic carbocycles. The monoisotopic (exact) mass is 411 g/mol. The molecule has 1 saturated heterocycles. The molecule has 3 amide bonds. The van der Waals surface area contributed by atoms with Gasteiger partial charge in [-0.3, -0.25) is 4.79 Å². The SMILES string of the molecule is CCOC(=O)c1ccc(NC(=O)N2CCC(C(=O)Nc3ccccc3O)CC2)cc1. The van der Waals surface area contributed by atoms with E-state index < -0.39 is 5.97 Å². The maximum absolute atomic E-state index is 12.5. The number of phenolic OH excluding ortho intramolecular Hbond substituents is 1. The predicted molar refractivity (Wildman–Crippen MR) is 112 cm³/mol. The molecule has 1 aliphatic heterocycles. The molecule has 1 heterocycles. The Morgan fingerprint density at radius 1 is 1.03 bits per heavy atom. The average molecular weight is 411 g/mol. The highest BCUT2D eigenvalue weighted by molar-refractivity contribution is 5.95. The number of aromatic hydroxyl groups is 1. The van der Waals surface area contributed by atoms with Gasteiger partial charge in [0.1, 0.15) is 5.75 Å². The van der Waals surface area contributed by atoms with Gasteiger partial charge in [0.15, 0.2) is 0 Å². The third kappa shape index (κ3) is 5.28. The summed E-state index contributed by atoms with van der Waals surface area (Å²) in [6.07, 6.45) is 1.07. The Labute approximate surface area is 174 Å². The van der Waals surface area contributed by atoms with Crippen molar-refractivity contribution in [3.05, 3.63) is 54.1 Å². The molecule has 158 valence electrons. The highest BCUT2D eigenvalue weighted by Gasteiger charge is 2.27. The minimum absolute atomic E-state index is 0.0247. The molecule has 0 saturated carbocycles. The van der Waals surface area contributed by atoms with Crippen LogP contribution in [-0.2, 0) is 9.53 Å². The first-order valence-corrected chi connectivity index (χ1v) is 9.90. The Balaban J connectivity index is 1.48. The Hall–Kier alpha value is -3.55. The quantitative estimate of drug-likeness (QED) is 0.516. The van der Waals surface area contributed by atoms with Crippen LogP contribution in [-0.4, -0.2) is 47.6 Å². The standard InChI is InChI=1S/C22H25N3O5/c1-2-30-21(28)16-7-9-17(10-8-16)23-22(29)25-13-11-15(12-14-25)20(27)24-18-5-3-4-6-19(18)26/h3-10,15,26H,2,11-14H2,1H3,(H,23,29)(H,24,27). The first kappa shape index (κ1) is 21.2. The normalized spacial score (nSPS) is 14.1. The van der Waals surface area contributed by atoms with Crippen molar-refractivity contribution in [3.8, 4) is 5.75 Å². The number of nitrogens with one attached hydrogen (secondary N) is 2. The molecule has 0 spiro atoms. The lowest BCUT2D eigenvalue weighted by Gasteiger charge is -2.31. The van der Waals surface area contributed by atoms with Gasteiger partial charge in [-0.15, -0.1) is 0 Å². The Bertz CT molecular complexity index is 905. The van der Waals surface area contributed by atoms with Crippen LogP contribution in [0.1, 0.15) is 30.1 Å². The molecule has 0 radical (unpaired) electrons. The van der Waals surface area contributed by atoms with E-state index >= 15 is 0 Å². The number of para-hydroxylation sites is 2. The lowest BCUT2D eigenvalue weighted by Crippen LogP contribution is -2.43. The van der Waals surface area contributed by atoms with Crippen LogP contribution >= 0.6 is 0 Å². The highest BCUT2D eigenvalue weighted by Crippen LogP contribution is 2.25. The van der Waals surface area contributed by atoms with Crippen molar-refractivity contribution in [1.29, 1.82) is 0 Å². The number of piperidine rings is 1. The van der Waals surface area contributed by atoms with Gasteiger partial charge in [0.05, 0.1) is 17.9 Å². The van der Waals surface area contributed by atoms with Crippen LogP contribution < -0.4 is 10.6 Å². The first-order chi connectivity index (χ1) is 14.5. The lowest BCUT2D eigenvalue weighted by atomic mass is 9.96. The zero-order chi connectivity index (χ0) is 21.5. The van der Waals surface area contributed by atoms with Crippen LogP contribution in [0.5, 0.6) is 5.75 Å². The number of ether oxygens (including phenoxy) is 1. The molecule has 0 unspecified atom stereocenters. The minimum atomic E-state index is -0.403. The summed E-state index contributed by atoms with van der Waals surface area (Å²) in [5.74, 6) is -0.764. The number of amides is 3. The molecule has 8 heteroatoms. The van der Waals surface area contributed by atoms with Crippen molar-refractivity contribution in [2.45, 2.75) is 19.8 Å². The van der Waals surface area contributed by atoms with E-state index in [1.54, 1.807) is 54.3 Å². The second-order valence-electron chi connectivity index (χ2n) is 7.00. The van der Waals surface area contributed by atoms with Gasteiger partial charge in [-0.25, -0.2) is 9.59 Å². The number of carbonyl (C=O) groups is 3. The number of nitrogens with zero attached hydrogens (tertiary/aromatic N) is 1. The van der Waals surface area contributed by atoms with Gasteiger partial charge in [0.2, 0.25) is 5.91 Å². The van der Waals surface area contributed by atoms with E-state index in [0.29, 0.717) is 49.5 Å². The smallest absolute Gasteiger partial charge is 0.338 e. The topological polar surface area (TPSA) is 108 Å². The summed E-state index contributed by atoms with van der Waals surface area (Å²) >= 11 is 0. The maximum atomic E-state index is 12.5. The largest absolute Gasteiger partial charge is 0.506 e. The number of likely N-dealkylation sites (tertiary alicyclic amines) is 1. The number of hydrogen-bond acceptors (Lipinski definition) is 5. The number of rotatable bonds is 5. The van der Waals surface area contributed by atoms with E-state index in [1.165, 1.54) is 6.07 Å². The van der Waals surface area contributed by atoms with E-state index in [-0.39, 0.29) is 23.6 Å². The number of urea groups is 1. The fraction of sp³-hybridized carbons (Fsp3) is 0.318. The number of esters is 1. The summed E-state index contributed by atoms with van der Waals surface area (Å²) in [6, 6.07) is 12.8. The van der Waals surface area contributed by atoms with Crippen LogP contribution in [0.25, 0.3) is 0 Å². The van der Waals surface area contributed by atoms with E-state index in [4.69, 9.17) is 4.74 Å². The van der Waals surface area contributed by atoms with Gasteiger partial charge in [-0.05, 0) is 56.2 Å². The summed E-state index contributed by atoms with van der Waals surface area (Å²) in [4.78, 5) is 38.3. The zero-order valence-electron chi connectivity index (χ0n) is 16.8. The molecule has 3 rings (SSSR count). The Morgan fingerprint density at radius 2 is 1.70 bits per heavy atom. The van der Waals surface area contributed by atoms with E-state index in [2.05, 4.69) is 10.6 Å². The number of phenols is 1. The molecule has 0 atom stereocenters. The molecule has 8 nitrogen and oxygen atoms in total. The summed E-state index contributed by atoms with van der Waals surface area (Å²) in [5.41, 5.74) is 1.38. The number of anilines is 2. The maximum Gasteiger partial charge on any atom is 0.338 e. The summed E-state index contributed by atoms with van der Waals surface area (Å²) in [7, 11) is 0. The number of benzene rings is 2. The zero-order valence-corrected chi connectivity index (χ0v) is 16.8. The number of carbonyl (C=O) groups excluding carboxylic acids is 3. The third-order valence-corrected chi connectivity index (χ3v) is 4.96. The fourth-order valence-corrected chi connectivity index (χ4v) is 3.27. The Kier molecular flexibility index (Phi) is 6.90. The molecule has 0 bridgehead atoms. The molecule has 0 aromatic heterocycles. The molecule has 1 fully saturated rings. The van der Waals surface area contributed by atoms with Gasteiger partial charge >= 0.3 is 12.0 Å². The molecule has 3 N–H and O–H groups in total. The van der Waals surface area contributed by atoms with Gasteiger partial charge < -0.3 is 25.4 Å². The second kappa shape index (κ2) is 9.78. The van der Waals surface area contributed by atoms with E-state index in [0.717, 1.165) is 0 Å². The lowest BCUT2D eigenvalue weighted by molar-refractivity contribution is -0.121. The van der Waals surface area contributed by atoms with Gasteiger partial charge in [0.25, 0.3) is 0 Å². The fourth-order valence-electron chi connectivity index (χ4n) is 3.27. The summed E-state index contributed by atoms with van der Waals surface area (Å²) in [5, 5.41) is 15.3. The van der Waals surface area contributed by atoms with Crippen LogP contribution in [0.3, 0.4) is 0 Å². The molecular formula is C22H25N3O5. The van der Waals surface area contributed by atoms with Crippen LogP contribution in [0.15, 0.2) is 48.5 Å². The van der Waals surface area contributed by atoms with Gasteiger partial charge in [-0.2, -0.15) is 0 Å². The summed E-state index contributed by atoms with van der Waals surface area (Å²) in [6.45, 7) is 2.94. The average Bonchev–Trinajstić information content (AvgIpc) is 2.76. The predicted octanol–water partition coefficient (Wildman–Crippen LogP) is 3.45. The third-order valence-electron chi connectivity index (χ3n) is 4.96. The molecule has 2 aromatic rings. The van der Waals surface area contributed by atoms with Crippen molar-refractivity contribution >= 4 is 29.3 Å². The number of hydrogen-bond donors (Lipinski definition) is 3. The molecule has 1 aliphatic rings. The first-order valence-electron chi connectivity index (χ1n) is 9.90. The highest BCUT2D eigenvalue weighted by atomic mass is 16.5. The second-order valence-corrected chi connectivity index (χ2v) is 7.00. The molecule has 30 heavy (non-hydrogen) atoms. The van der Waals surface area contributed by atoms with Crippen molar-refractivity contribution < 1.29 is 24.2 Å². The minimum Gasteiger partial charge on any atom is -0.506 e. The van der Waals surface area contributed by atoms with Crippen LogP contribution in [0, 0.1) is 5.92 Å². The van der Waals surface area contributed by atoms with Crippen LogP contribution in [0.2, 0.25) is 0 Å². The Morgan fingerprint density at radius 3 is 2.33 bits per heavy atom. The van der Waals surface area contributed by atoms with Crippen molar-refractivity contribution in [2.24, 2.45) is 5.92 Å². The van der Waals surface area contributed by atoms with Gasteiger partial charge in [-0.1, -0.05) is 12.1 Å². The van der Waals surface area contributed by atoms with E-state index in [9.17, 15) is 19.5 Å². The van der Waals surface area contributed by atoms with Crippen molar-refractivity contribution in [2.75, 3.05) is 30.3 Å². The van der Waals surface area contributed by atoms with Crippen molar-refractivity contribution in [1.82, 2.24) is 4.90 Å². The van der Waals surface area contributed by atoms with Crippen LogP contribution in [0.4, 0.5) is 16.2 Å².